The van der Waals surface area contributed by atoms with E-state index in [1.807, 2.05) is 6.07 Å². The molecule has 0 spiro atoms. The highest BCUT2D eigenvalue weighted by Gasteiger charge is 2.41. The van der Waals surface area contributed by atoms with Gasteiger partial charge < -0.3 is 15.1 Å². The number of aromatic nitrogens is 3. The summed E-state index contributed by atoms with van der Waals surface area (Å²) in [5.74, 6) is 2.62. The predicted octanol–water partition coefficient (Wildman–Crippen LogP) is 3.17. The molecule has 3 atom stereocenters. The van der Waals surface area contributed by atoms with E-state index in [-0.39, 0.29) is 17.9 Å². The lowest BCUT2D eigenvalue weighted by Crippen LogP contribution is -2.58. The molecule has 1 N–H and O–H groups in total. The highest BCUT2D eigenvalue weighted by molar-refractivity contribution is 5.79. The maximum atomic E-state index is 13.1. The van der Waals surface area contributed by atoms with Gasteiger partial charge in [0, 0.05) is 43.7 Å². The summed E-state index contributed by atoms with van der Waals surface area (Å²) >= 11 is 0. The Balaban J connectivity index is 1.25. The molecule has 0 saturated carbocycles. The van der Waals surface area contributed by atoms with Gasteiger partial charge in [-0.25, -0.2) is 4.68 Å². The van der Waals surface area contributed by atoms with Crippen molar-refractivity contribution in [2.45, 2.75) is 76.9 Å². The molecular formula is C27H40N6O2. The minimum absolute atomic E-state index is 0.0385. The molecule has 5 rings (SSSR count). The van der Waals surface area contributed by atoms with Crippen molar-refractivity contribution in [3.63, 3.8) is 0 Å². The van der Waals surface area contributed by atoms with Crippen molar-refractivity contribution in [3.05, 3.63) is 47.5 Å². The first-order chi connectivity index (χ1) is 17.0. The third-order valence-electron chi connectivity index (χ3n) is 8.02. The van der Waals surface area contributed by atoms with Crippen LogP contribution < -0.4 is 10.3 Å². The summed E-state index contributed by atoms with van der Waals surface area (Å²) in [4.78, 5) is 15.8. The molecule has 8 nitrogen and oxygen atoms in total. The fraction of sp³-hybridized carbons (Fsp3) is 0.667. The summed E-state index contributed by atoms with van der Waals surface area (Å²) in [5.41, 5.74) is 1.19. The fourth-order valence-electron chi connectivity index (χ4n) is 6.12. The van der Waals surface area contributed by atoms with E-state index in [2.05, 4.69) is 75.1 Å². The number of aryl methyl sites for hydroxylation is 1. The van der Waals surface area contributed by atoms with Crippen LogP contribution >= 0.6 is 0 Å². The number of nitrogens with zero attached hydrogens (tertiary/aromatic N) is 5. The molecular weight excluding hydrogens is 440 g/mol. The van der Waals surface area contributed by atoms with Crippen molar-refractivity contribution in [2.75, 3.05) is 37.9 Å². The molecule has 1 amide bonds. The van der Waals surface area contributed by atoms with E-state index >= 15 is 0 Å². The molecule has 0 unspecified atom stereocenters. The molecule has 3 saturated heterocycles. The van der Waals surface area contributed by atoms with Gasteiger partial charge >= 0.3 is 0 Å². The van der Waals surface area contributed by atoms with Gasteiger partial charge in [-0.05, 0) is 44.6 Å². The SMILES string of the molecule is Cc1nnc(C(C)C)n1N1C[C@H]2CC[C@H](C1)N2CC[C@H](NC(=O)C1CCOCC1)c1ccccc1. The van der Waals surface area contributed by atoms with Crippen LogP contribution in [0.5, 0.6) is 0 Å². The second-order valence-corrected chi connectivity index (χ2v) is 10.7. The zero-order chi connectivity index (χ0) is 24.4. The number of benzene rings is 1. The molecule has 3 aliphatic heterocycles. The van der Waals surface area contributed by atoms with Gasteiger partial charge in [0.15, 0.2) is 5.82 Å². The monoisotopic (exact) mass is 480 g/mol. The molecule has 190 valence electrons. The van der Waals surface area contributed by atoms with Gasteiger partial charge in [0.05, 0.1) is 19.1 Å². The third kappa shape index (κ3) is 5.23. The number of hydrogen-bond acceptors (Lipinski definition) is 6. The van der Waals surface area contributed by atoms with Crippen LogP contribution in [-0.4, -0.2) is 70.6 Å². The first-order valence-electron chi connectivity index (χ1n) is 13.4. The molecule has 1 aromatic heterocycles. The first-order valence-corrected chi connectivity index (χ1v) is 13.4. The third-order valence-corrected chi connectivity index (χ3v) is 8.02. The van der Waals surface area contributed by atoms with Crippen molar-refractivity contribution in [1.29, 1.82) is 0 Å². The first kappa shape index (κ1) is 24.3. The largest absolute Gasteiger partial charge is 0.381 e. The Morgan fingerprint density at radius 1 is 1.06 bits per heavy atom. The van der Waals surface area contributed by atoms with Gasteiger partial charge in [-0.3, -0.25) is 9.69 Å². The van der Waals surface area contributed by atoms with Crippen LogP contribution in [-0.2, 0) is 9.53 Å². The van der Waals surface area contributed by atoms with E-state index < -0.39 is 0 Å². The highest BCUT2D eigenvalue weighted by Crippen LogP contribution is 2.32. The topological polar surface area (TPSA) is 75.5 Å². The second kappa shape index (κ2) is 10.7. The number of hydrogen-bond donors (Lipinski definition) is 1. The molecule has 4 heterocycles. The van der Waals surface area contributed by atoms with E-state index in [0.29, 0.717) is 31.2 Å². The Morgan fingerprint density at radius 2 is 1.74 bits per heavy atom. The van der Waals surface area contributed by atoms with Crippen molar-refractivity contribution in [3.8, 4) is 0 Å². The number of piperazine rings is 1. The van der Waals surface area contributed by atoms with Gasteiger partial charge in [0.25, 0.3) is 0 Å². The molecule has 2 aromatic rings. The van der Waals surface area contributed by atoms with Crippen LogP contribution in [0.25, 0.3) is 0 Å². The van der Waals surface area contributed by atoms with E-state index in [1.165, 1.54) is 18.4 Å². The van der Waals surface area contributed by atoms with Gasteiger partial charge in [-0.15, -0.1) is 10.2 Å². The molecule has 35 heavy (non-hydrogen) atoms. The van der Waals surface area contributed by atoms with E-state index in [4.69, 9.17) is 4.74 Å². The Labute approximate surface area is 209 Å². The number of rotatable bonds is 8. The number of carbonyl (C=O) groups is 1. The number of ether oxygens (including phenoxy) is 1. The van der Waals surface area contributed by atoms with Crippen molar-refractivity contribution in [1.82, 2.24) is 25.1 Å². The lowest BCUT2D eigenvalue weighted by Gasteiger charge is -2.43. The Bertz CT molecular complexity index is 973. The molecule has 0 radical (unpaired) electrons. The van der Waals surface area contributed by atoms with Gasteiger partial charge in [0.2, 0.25) is 5.91 Å². The summed E-state index contributed by atoms with van der Waals surface area (Å²) < 4.78 is 7.72. The van der Waals surface area contributed by atoms with Crippen LogP contribution in [0.3, 0.4) is 0 Å². The van der Waals surface area contributed by atoms with Crippen LogP contribution in [0.15, 0.2) is 30.3 Å². The quantitative estimate of drug-likeness (QED) is 0.626. The highest BCUT2D eigenvalue weighted by atomic mass is 16.5. The Hall–Kier alpha value is -2.45. The molecule has 3 fully saturated rings. The average molecular weight is 481 g/mol. The fourth-order valence-corrected chi connectivity index (χ4v) is 6.12. The molecule has 0 aliphatic carbocycles. The van der Waals surface area contributed by atoms with E-state index in [9.17, 15) is 4.79 Å². The standard InChI is InChI=1S/C27H40N6O2/c1-19(2)26-30-29-20(3)33(26)31-17-23-9-10-24(18-31)32(23)14-11-25(21-7-5-4-6-8-21)28-27(34)22-12-15-35-16-13-22/h4-8,19,22-25H,9-18H2,1-3H3,(H,28,34)/t23-,24-,25+/m1/s1. The lowest BCUT2D eigenvalue weighted by molar-refractivity contribution is -0.128. The smallest absolute Gasteiger partial charge is 0.223 e. The van der Waals surface area contributed by atoms with Crippen molar-refractivity contribution in [2.24, 2.45) is 5.92 Å². The maximum absolute atomic E-state index is 13.1. The number of nitrogens with one attached hydrogen (secondary N) is 1. The predicted molar refractivity (Wildman–Crippen MR) is 136 cm³/mol. The summed E-state index contributed by atoms with van der Waals surface area (Å²) in [6.45, 7) is 10.8. The zero-order valence-corrected chi connectivity index (χ0v) is 21.4. The summed E-state index contributed by atoms with van der Waals surface area (Å²) in [6.07, 6.45) is 5.02. The number of carbonyl (C=O) groups excluding carboxylic acids is 1. The minimum atomic E-state index is 0.0385. The zero-order valence-electron chi connectivity index (χ0n) is 21.4. The van der Waals surface area contributed by atoms with Gasteiger partial charge in [0.1, 0.15) is 5.82 Å². The minimum Gasteiger partial charge on any atom is -0.381 e. The normalized spacial score (nSPS) is 24.2. The molecule has 8 heteroatoms. The van der Waals surface area contributed by atoms with Crippen molar-refractivity contribution < 1.29 is 9.53 Å². The second-order valence-electron chi connectivity index (χ2n) is 10.7. The average Bonchev–Trinajstić information content (AvgIpc) is 3.38. The van der Waals surface area contributed by atoms with Crippen LogP contribution in [0.1, 0.15) is 75.1 Å². The van der Waals surface area contributed by atoms with Gasteiger partial charge in [-0.1, -0.05) is 44.2 Å². The van der Waals surface area contributed by atoms with Gasteiger partial charge in [-0.2, -0.15) is 0 Å². The molecule has 3 aliphatic rings. The Kier molecular flexibility index (Phi) is 7.39. The van der Waals surface area contributed by atoms with E-state index in [0.717, 1.165) is 50.5 Å². The Morgan fingerprint density at radius 3 is 2.40 bits per heavy atom. The van der Waals surface area contributed by atoms with E-state index in [1.54, 1.807) is 0 Å². The maximum Gasteiger partial charge on any atom is 0.223 e. The van der Waals surface area contributed by atoms with Crippen LogP contribution in [0, 0.1) is 12.8 Å². The van der Waals surface area contributed by atoms with Crippen LogP contribution in [0.2, 0.25) is 0 Å². The van der Waals surface area contributed by atoms with Crippen LogP contribution in [0.4, 0.5) is 0 Å². The number of fused-ring (bicyclic) bond motifs is 2. The molecule has 1 aromatic carbocycles. The summed E-state index contributed by atoms with van der Waals surface area (Å²) in [7, 11) is 0. The summed E-state index contributed by atoms with van der Waals surface area (Å²) in [5, 5.41) is 14.7. The van der Waals surface area contributed by atoms with Crippen molar-refractivity contribution >= 4 is 5.91 Å². The lowest BCUT2D eigenvalue weighted by atomic mass is 9.97. The number of amides is 1. The molecule has 2 bridgehead atoms. The summed E-state index contributed by atoms with van der Waals surface area (Å²) in [6, 6.07) is 11.6.